The fourth-order valence-electron chi connectivity index (χ4n) is 2.52. The number of carbonyl (C=O) groups is 1. The van der Waals surface area contributed by atoms with Gasteiger partial charge in [-0.2, -0.15) is 0 Å². The minimum Gasteiger partial charge on any atom is -0.496 e. The number of rotatable bonds is 6. The summed E-state index contributed by atoms with van der Waals surface area (Å²) in [5.74, 6) is 0.848. The topological polar surface area (TPSA) is 29.5 Å². The van der Waals surface area contributed by atoms with E-state index >= 15 is 0 Å². The third kappa shape index (κ3) is 5.00. The number of methoxy groups -OCH3 is 1. The van der Waals surface area contributed by atoms with E-state index < -0.39 is 0 Å². The molecule has 0 aliphatic rings. The highest BCUT2D eigenvalue weighted by Gasteiger charge is 2.12. The zero-order valence-corrected chi connectivity index (χ0v) is 14.6. The zero-order valence-electron chi connectivity index (χ0n) is 13.8. The molecule has 2 aromatic carbocycles. The Labute approximate surface area is 142 Å². The molecule has 0 fully saturated rings. The molecular formula is C19H22ClNO2. The minimum absolute atomic E-state index is 0.105. The van der Waals surface area contributed by atoms with Gasteiger partial charge in [0, 0.05) is 30.6 Å². The number of hydrogen-bond donors (Lipinski definition) is 0. The highest BCUT2D eigenvalue weighted by molar-refractivity contribution is 6.30. The second-order valence-corrected chi connectivity index (χ2v) is 6.13. The van der Waals surface area contributed by atoms with Gasteiger partial charge in [-0.25, -0.2) is 0 Å². The van der Waals surface area contributed by atoms with Crippen molar-refractivity contribution in [3.63, 3.8) is 0 Å². The van der Waals surface area contributed by atoms with Crippen molar-refractivity contribution in [2.24, 2.45) is 0 Å². The summed E-state index contributed by atoms with van der Waals surface area (Å²) in [5, 5.41) is 0.640. The Morgan fingerprint density at radius 3 is 2.70 bits per heavy atom. The Bertz CT molecular complexity index is 685. The fraction of sp³-hybridized carbons (Fsp3) is 0.316. The number of amides is 1. The number of halogens is 1. The molecule has 0 N–H and O–H groups in total. The number of nitrogens with zero attached hydrogens (tertiary/aromatic N) is 1. The molecule has 0 unspecified atom stereocenters. The third-order valence-electron chi connectivity index (χ3n) is 3.79. The molecular weight excluding hydrogens is 310 g/mol. The molecule has 0 aliphatic heterocycles. The quantitative estimate of drug-likeness (QED) is 0.792. The molecule has 2 rings (SSSR count). The molecule has 0 radical (unpaired) electrons. The monoisotopic (exact) mass is 331 g/mol. The first-order valence-corrected chi connectivity index (χ1v) is 7.99. The summed E-state index contributed by atoms with van der Waals surface area (Å²) in [6.45, 7) is 2.54. The van der Waals surface area contributed by atoms with Gasteiger partial charge < -0.3 is 9.64 Å². The van der Waals surface area contributed by atoms with Crippen LogP contribution >= 0.6 is 11.6 Å². The van der Waals surface area contributed by atoms with Gasteiger partial charge in [0.2, 0.25) is 5.91 Å². The predicted octanol–water partition coefficient (Wildman–Crippen LogP) is 4.25. The Hall–Kier alpha value is -2.00. The summed E-state index contributed by atoms with van der Waals surface area (Å²) in [6, 6.07) is 13.7. The summed E-state index contributed by atoms with van der Waals surface area (Å²) in [7, 11) is 3.42. The van der Waals surface area contributed by atoms with Crippen LogP contribution in [0.5, 0.6) is 5.75 Å². The van der Waals surface area contributed by atoms with Crippen molar-refractivity contribution in [2.45, 2.75) is 26.3 Å². The highest BCUT2D eigenvalue weighted by atomic mass is 35.5. The summed E-state index contributed by atoms with van der Waals surface area (Å²) in [6.07, 6.45) is 1.24. The number of carbonyl (C=O) groups excluding carboxylic acids is 1. The zero-order chi connectivity index (χ0) is 16.8. The molecule has 0 aromatic heterocycles. The first-order chi connectivity index (χ1) is 11.0. The molecule has 0 aliphatic carbocycles. The Balaban J connectivity index is 1.96. The molecule has 4 heteroatoms. The second-order valence-electron chi connectivity index (χ2n) is 5.70. The first-order valence-electron chi connectivity index (χ1n) is 7.61. The molecule has 0 saturated carbocycles. The Morgan fingerprint density at radius 2 is 2.00 bits per heavy atom. The minimum atomic E-state index is 0.105. The number of hydrogen-bond acceptors (Lipinski definition) is 2. The third-order valence-corrected chi connectivity index (χ3v) is 4.02. The van der Waals surface area contributed by atoms with Crippen LogP contribution in [0.4, 0.5) is 0 Å². The van der Waals surface area contributed by atoms with Crippen LogP contribution in [0.2, 0.25) is 5.02 Å². The Kier molecular flexibility index (Phi) is 6.05. The van der Waals surface area contributed by atoms with E-state index in [0.29, 0.717) is 18.0 Å². The van der Waals surface area contributed by atoms with E-state index in [9.17, 15) is 4.79 Å². The van der Waals surface area contributed by atoms with Crippen LogP contribution in [-0.2, 0) is 17.8 Å². The average molecular weight is 332 g/mol. The summed E-state index contributed by atoms with van der Waals surface area (Å²) < 4.78 is 5.33. The lowest BCUT2D eigenvalue weighted by molar-refractivity contribution is -0.130. The van der Waals surface area contributed by atoms with E-state index in [1.54, 1.807) is 25.1 Å². The van der Waals surface area contributed by atoms with Gasteiger partial charge in [0.05, 0.1) is 7.11 Å². The van der Waals surface area contributed by atoms with Crippen LogP contribution in [0, 0.1) is 6.92 Å². The smallest absolute Gasteiger partial charge is 0.222 e. The van der Waals surface area contributed by atoms with E-state index in [-0.39, 0.29) is 5.91 Å². The van der Waals surface area contributed by atoms with Crippen LogP contribution in [0.3, 0.4) is 0 Å². The maximum absolute atomic E-state index is 12.3. The molecule has 23 heavy (non-hydrogen) atoms. The van der Waals surface area contributed by atoms with Crippen molar-refractivity contribution in [3.05, 3.63) is 64.2 Å². The van der Waals surface area contributed by atoms with Gasteiger partial charge >= 0.3 is 0 Å². The summed E-state index contributed by atoms with van der Waals surface area (Å²) in [5.41, 5.74) is 3.31. The molecule has 0 spiro atoms. The normalized spacial score (nSPS) is 10.4. The summed E-state index contributed by atoms with van der Waals surface area (Å²) in [4.78, 5) is 14.1. The molecule has 0 saturated heterocycles. The lowest BCUT2D eigenvalue weighted by Crippen LogP contribution is -2.26. The van der Waals surface area contributed by atoms with E-state index in [1.807, 2.05) is 18.2 Å². The maximum Gasteiger partial charge on any atom is 0.222 e. The van der Waals surface area contributed by atoms with Crippen LogP contribution < -0.4 is 4.74 Å². The van der Waals surface area contributed by atoms with Crippen molar-refractivity contribution < 1.29 is 9.53 Å². The number of aryl methyl sites for hydroxylation is 2. The molecule has 0 bridgehead atoms. The number of benzene rings is 2. The SMILES string of the molecule is COc1ccc(Cl)cc1CN(C)C(=O)CCc1cccc(C)c1. The van der Waals surface area contributed by atoms with Gasteiger partial charge in [0.1, 0.15) is 5.75 Å². The van der Waals surface area contributed by atoms with Gasteiger partial charge in [-0.1, -0.05) is 41.4 Å². The van der Waals surface area contributed by atoms with Gasteiger partial charge in [0.25, 0.3) is 0 Å². The van der Waals surface area contributed by atoms with Crippen molar-refractivity contribution in [1.82, 2.24) is 4.90 Å². The largest absolute Gasteiger partial charge is 0.496 e. The Morgan fingerprint density at radius 1 is 1.22 bits per heavy atom. The van der Waals surface area contributed by atoms with E-state index in [0.717, 1.165) is 17.7 Å². The molecule has 3 nitrogen and oxygen atoms in total. The molecule has 122 valence electrons. The standard InChI is InChI=1S/C19H22ClNO2/c1-14-5-4-6-15(11-14)7-10-19(22)21(2)13-16-12-17(20)8-9-18(16)23-3/h4-6,8-9,11-12H,7,10,13H2,1-3H3. The van der Waals surface area contributed by atoms with Crippen molar-refractivity contribution in [3.8, 4) is 5.75 Å². The lowest BCUT2D eigenvalue weighted by atomic mass is 10.1. The van der Waals surface area contributed by atoms with E-state index in [4.69, 9.17) is 16.3 Å². The van der Waals surface area contributed by atoms with Crippen LogP contribution in [0.25, 0.3) is 0 Å². The van der Waals surface area contributed by atoms with Crippen molar-refractivity contribution in [1.29, 1.82) is 0 Å². The van der Waals surface area contributed by atoms with Gasteiger partial charge in [-0.05, 0) is 37.1 Å². The van der Waals surface area contributed by atoms with Crippen LogP contribution in [0.1, 0.15) is 23.1 Å². The predicted molar refractivity (Wildman–Crippen MR) is 94.0 cm³/mol. The number of ether oxygens (including phenoxy) is 1. The van der Waals surface area contributed by atoms with Gasteiger partial charge in [0.15, 0.2) is 0 Å². The first kappa shape index (κ1) is 17.4. The average Bonchev–Trinajstić information content (AvgIpc) is 2.53. The van der Waals surface area contributed by atoms with E-state index in [1.165, 1.54) is 11.1 Å². The van der Waals surface area contributed by atoms with E-state index in [2.05, 4.69) is 25.1 Å². The summed E-state index contributed by atoms with van der Waals surface area (Å²) >= 11 is 6.03. The van der Waals surface area contributed by atoms with Gasteiger partial charge in [-0.3, -0.25) is 4.79 Å². The molecule has 0 heterocycles. The van der Waals surface area contributed by atoms with Crippen molar-refractivity contribution >= 4 is 17.5 Å². The molecule has 0 atom stereocenters. The highest BCUT2D eigenvalue weighted by Crippen LogP contribution is 2.24. The second kappa shape index (κ2) is 8.02. The van der Waals surface area contributed by atoms with Crippen LogP contribution in [0.15, 0.2) is 42.5 Å². The van der Waals surface area contributed by atoms with Crippen LogP contribution in [-0.4, -0.2) is 25.0 Å². The molecule has 2 aromatic rings. The lowest BCUT2D eigenvalue weighted by Gasteiger charge is -2.19. The van der Waals surface area contributed by atoms with Gasteiger partial charge in [-0.15, -0.1) is 0 Å². The maximum atomic E-state index is 12.3. The fourth-order valence-corrected chi connectivity index (χ4v) is 2.72. The van der Waals surface area contributed by atoms with Crippen molar-refractivity contribution in [2.75, 3.05) is 14.2 Å². The molecule has 1 amide bonds.